The van der Waals surface area contributed by atoms with E-state index in [1.165, 1.54) is 32.1 Å². The molecule has 0 radical (unpaired) electrons. The van der Waals surface area contributed by atoms with Gasteiger partial charge in [0.15, 0.2) is 0 Å². The molecule has 0 aromatic heterocycles. The van der Waals surface area contributed by atoms with E-state index in [0.29, 0.717) is 0 Å². The van der Waals surface area contributed by atoms with Crippen LogP contribution < -0.4 is 10.9 Å². The first kappa shape index (κ1) is 14.8. The zero-order valence-corrected chi connectivity index (χ0v) is 11.9. The van der Waals surface area contributed by atoms with Gasteiger partial charge in [-0.1, -0.05) is 44.9 Å². The van der Waals surface area contributed by atoms with E-state index >= 15 is 0 Å². The summed E-state index contributed by atoms with van der Waals surface area (Å²) < 4.78 is 0. The van der Waals surface area contributed by atoms with Crippen LogP contribution in [-0.2, 0) is 4.79 Å². The van der Waals surface area contributed by atoms with E-state index in [0.717, 1.165) is 45.1 Å². The van der Waals surface area contributed by atoms with E-state index in [4.69, 9.17) is 0 Å². The van der Waals surface area contributed by atoms with Crippen LogP contribution in [0.2, 0.25) is 0 Å². The molecule has 19 heavy (non-hydrogen) atoms. The molecule has 1 saturated carbocycles. The summed E-state index contributed by atoms with van der Waals surface area (Å²) >= 11 is 0. The Hall–Kier alpha value is -0.610. The summed E-state index contributed by atoms with van der Waals surface area (Å²) in [4.78, 5) is 11.9. The van der Waals surface area contributed by atoms with Gasteiger partial charge in [-0.25, -0.2) is 5.43 Å². The topological polar surface area (TPSA) is 61.4 Å². The number of carboxylic acids is 1. The zero-order chi connectivity index (χ0) is 13.6. The first-order valence-corrected chi connectivity index (χ1v) is 7.99. The molecule has 2 fully saturated rings. The second kappa shape index (κ2) is 7.25. The molecule has 4 heteroatoms. The molecule has 1 atom stereocenters. The van der Waals surface area contributed by atoms with Gasteiger partial charge in [0.25, 0.3) is 0 Å². The highest BCUT2D eigenvalue weighted by Gasteiger charge is 2.45. The molecule has 0 aromatic rings. The molecule has 1 unspecified atom stereocenters. The number of hydrogen-bond acceptors (Lipinski definition) is 3. The number of aliphatic carboxylic acids is 1. The molecule has 0 bridgehead atoms. The van der Waals surface area contributed by atoms with Crippen molar-refractivity contribution in [3.63, 3.8) is 0 Å². The molecular weight excluding hydrogens is 240 g/mol. The largest absolute Gasteiger partial charge is 0.480 e. The minimum Gasteiger partial charge on any atom is -0.480 e. The van der Waals surface area contributed by atoms with Gasteiger partial charge in [-0.05, 0) is 31.6 Å². The lowest BCUT2D eigenvalue weighted by atomic mass is 9.73. The van der Waals surface area contributed by atoms with Gasteiger partial charge in [-0.2, -0.15) is 0 Å². The molecular formula is C15H28N2O2. The van der Waals surface area contributed by atoms with Gasteiger partial charge in [0.2, 0.25) is 0 Å². The van der Waals surface area contributed by atoms with Crippen LogP contribution in [0.5, 0.6) is 0 Å². The lowest BCUT2D eigenvalue weighted by Crippen LogP contribution is -2.62. The smallest absolute Gasteiger partial charge is 0.325 e. The van der Waals surface area contributed by atoms with E-state index < -0.39 is 11.5 Å². The maximum Gasteiger partial charge on any atom is 0.325 e. The second-order valence-electron chi connectivity index (χ2n) is 6.18. The van der Waals surface area contributed by atoms with E-state index in [-0.39, 0.29) is 5.92 Å². The summed E-state index contributed by atoms with van der Waals surface area (Å²) in [6, 6.07) is 0. The van der Waals surface area contributed by atoms with Crippen LogP contribution in [0.15, 0.2) is 0 Å². The summed E-state index contributed by atoms with van der Waals surface area (Å²) in [5.74, 6) is -0.386. The van der Waals surface area contributed by atoms with Crippen LogP contribution in [0.1, 0.15) is 70.6 Å². The van der Waals surface area contributed by atoms with Gasteiger partial charge in [-0.3, -0.25) is 10.2 Å². The van der Waals surface area contributed by atoms with Crippen molar-refractivity contribution >= 4 is 5.97 Å². The molecule has 0 amide bonds. The molecule has 4 nitrogen and oxygen atoms in total. The van der Waals surface area contributed by atoms with Crippen LogP contribution in [0, 0.1) is 5.92 Å². The summed E-state index contributed by atoms with van der Waals surface area (Å²) in [6.45, 7) is 0.877. The average molecular weight is 268 g/mol. The Balaban J connectivity index is 2.12. The molecule has 0 spiro atoms. The van der Waals surface area contributed by atoms with Crippen molar-refractivity contribution in [2.24, 2.45) is 5.92 Å². The summed E-state index contributed by atoms with van der Waals surface area (Å²) in [5, 5.41) is 9.82. The summed E-state index contributed by atoms with van der Waals surface area (Å²) in [6.07, 6.45) is 12.4. The second-order valence-corrected chi connectivity index (χ2v) is 6.18. The molecule has 1 heterocycles. The Kier molecular flexibility index (Phi) is 5.64. The van der Waals surface area contributed by atoms with Gasteiger partial charge in [-0.15, -0.1) is 0 Å². The predicted octanol–water partition coefficient (Wildman–Crippen LogP) is 2.84. The number of carboxylic acid groups (broad SMARTS) is 1. The number of nitrogens with one attached hydrogen (secondary N) is 2. The van der Waals surface area contributed by atoms with E-state index in [9.17, 15) is 9.90 Å². The number of rotatable bonds is 2. The molecule has 3 N–H and O–H groups in total. The van der Waals surface area contributed by atoms with Crippen LogP contribution in [0.4, 0.5) is 0 Å². The van der Waals surface area contributed by atoms with Crippen molar-refractivity contribution in [2.45, 2.75) is 76.2 Å². The van der Waals surface area contributed by atoms with Crippen molar-refractivity contribution in [2.75, 3.05) is 6.54 Å². The van der Waals surface area contributed by atoms with Crippen LogP contribution in [0.25, 0.3) is 0 Å². The normalized spacial score (nSPS) is 31.8. The van der Waals surface area contributed by atoms with Gasteiger partial charge < -0.3 is 5.11 Å². The minimum atomic E-state index is -0.738. The van der Waals surface area contributed by atoms with Crippen LogP contribution in [0.3, 0.4) is 0 Å². The lowest BCUT2D eigenvalue weighted by Gasteiger charge is -2.40. The maximum absolute atomic E-state index is 11.9. The molecule has 1 aliphatic heterocycles. The predicted molar refractivity (Wildman–Crippen MR) is 75.8 cm³/mol. The van der Waals surface area contributed by atoms with Gasteiger partial charge >= 0.3 is 5.97 Å². The van der Waals surface area contributed by atoms with Crippen molar-refractivity contribution in [3.8, 4) is 0 Å². The fourth-order valence-electron chi connectivity index (χ4n) is 3.67. The van der Waals surface area contributed by atoms with Crippen molar-refractivity contribution < 1.29 is 9.90 Å². The molecule has 1 aliphatic carbocycles. The fraction of sp³-hybridized carbons (Fsp3) is 0.933. The highest BCUT2D eigenvalue weighted by Crippen LogP contribution is 2.35. The molecule has 1 saturated heterocycles. The molecule has 110 valence electrons. The number of hydrogen-bond donors (Lipinski definition) is 3. The Morgan fingerprint density at radius 2 is 1.58 bits per heavy atom. The summed E-state index contributed by atoms with van der Waals surface area (Å²) in [5.41, 5.74) is 5.63. The first-order valence-electron chi connectivity index (χ1n) is 7.99. The van der Waals surface area contributed by atoms with Crippen LogP contribution in [-0.4, -0.2) is 23.2 Å². The first-order chi connectivity index (χ1) is 9.26. The quantitative estimate of drug-likeness (QED) is 0.720. The molecule has 2 rings (SSSR count). The van der Waals surface area contributed by atoms with Gasteiger partial charge in [0, 0.05) is 6.54 Å². The molecule has 0 aromatic carbocycles. The monoisotopic (exact) mass is 268 g/mol. The fourth-order valence-corrected chi connectivity index (χ4v) is 3.67. The number of hydrazine groups is 1. The average Bonchev–Trinajstić information content (AvgIpc) is 2.29. The maximum atomic E-state index is 11.9. The van der Waals surface area contributed by atoms with Crippen LogP contribution >= 0.6 is 0 Å². The zero-order valence-electron chi connectivity index (χ0n) is 11.9. The minimum absolute atomic E-state index is 0.274. The Morgan fingerprint density at radius 1 is 0.947 bits per heavy atom. The Labute approximate surface area is 116 Å². The highest BCUT2D eigenvalue weighted by molar-refractivity contribution is 5.79. The van der Waals surface area contributed by atoms with Crippen molar-refractivity contribution in [1.82, 2.24) is 10.9 Å². The third-order valence-electron chi connectivity index (χ3n) is 4.87. The van der Waals surface area contributed by atoms with E-state index in [1.54, 1.807) is 0 Å². The highest BCUT2D eigenvalue weighted by atomic mass is 16.4. The summed E-state index contributed by atoms with van der Waals surface area (Å²) in [7, 11) is 0. The third kappa shape index (κ3) is 3.69. The Morgan fingerprint density at radius 3 is 2.26 bits per heavy atom. The van der Waals surface area contributed by atoms with Crippen molar-refractivity contribution in [3.05, 3.63) is 0 Å². The standard InChI is InChI=1S/C15H28N2O2/c18-14(19)15(11-7-4-8-12-16-17-15)13-9-5-2-1-3-6-10-13/h13,16-17H,1-12H2,(H,18,19). The third-order valence-corrected chi connectivity index (χ3v) is 4.87. The van der Waals surface area contributed by atoms with Gasteiger partial charge in [0.05, 0.1) is 0 Å². The SMILES string of the molecule is O=C(O)C1(C2CCCCCCC2)CCCCCNN1. The van der Waals surface area contributed by atoms with Gasteiger partial charge in [0.1, 0.15) is 5.54 Å². The van der Waals surface area contributed by atoms with E-state index in [2.05, 4.69) is 10.9 Å². The van der Waals surface area contributed by atoms with Crippen molar-refractivity contribution in [1.29, 1.82) is 0 Å². The van der Waals surface area contributed by atoms with E-state index in [1.807, 2.05) is 0 Å². The lowest BCUT2D eigenvalue weighted by molar-refractivity contribution is -0.149. The Bertz CT molecular complexity index is 278. The molecule has 2 aliphatic rings. The number of carbonyl (C=O) groups is 1.